The quantitative estimate of drug-likeness (QED) is 0.751. The van der Waals surface area contributed by atoms with E-state index in [-0.39, 0.29) is 11.7 Å². The van der Waals surface area contributed by atoms with Gasteiger partial charge in [0.25, 0.3) is 0 Å². The predicted octanol–water partition coefficient (Wildman–Crippen LogP) is 3.41. The van der Waals surface area contributed by atoms with E-state index in [0.29, 0.717) is 5.02 Å². The standard InChI is InChI=1S/C8H5BrCl2O/c9-7-4-6(10)2-1-5(7)3-8(11)12/h1-2,4H,3H2. The molecule has 0 fully saturated rings. The summed E-state index contributed by atoms with van der Waals surface area (Å²) in [5.41, 5.74) is 0.847. The minimum absolute atomic E-state index is 0.222. The zero-order chi connectivity index (χ0) is 9.14. The molecule has 0 unspecified atom stereocenters. The minimum Gasteiger partial charge on any atom is -0.281 e. The molecule has 0 aliphatic heterocycles. The fourth-order valence-electron chi connectivity index (χ4n) is 0.815. The van der Waals surface area contributed by atoms with Crippen molar-refractivity contribution in [3.8, 4) is 0 Å². The Morgan fingerprint density at radius 3 is 2.67 bits per heavy atom. The summed E-state index contributed by atoms with van der Waals surface area (Å²) in [6.07, 6.45) is 0.222. The average Bonchev–Trinajstić information content (AvgIpc) is 1.94. The van der Waals surface area contributed by atoms with E-state index in [0.717, 1.165) is 10.0 Å². The van der Waals surface area contributed by atoms with Gasteiger partial charge in [0.05, 0.1) is 0 Å². The van der Waals surface area contributed by atoms with Crippen LogP contribution in [-0.4, -0.2) is 5.24 Å². The molecule has 64 valence electrons. The Morgan fingerprint density at radius 1 is 1.50 bits per heavy atom. The number of carbonyl (C=O) groups is 1. The second-order valence-corrected chi connectivity index (χ2v) is 3.98. The number of rotatable bonds is 2. The van der Waals surface area contributed by atoms with Gasteiger partial charge in [0.2, 0.25) is 5.24 Å². The summed E-state index contributed by atoms with van der Waals surface area (Å²) in [4.78, 5) is 10.6. The average molecular weight is 268 g/mol. The van der Waals surface area contributed by atoms with Gasteiger partial charge in [0.15, 0.2) is 0 Å². The molecule has 0 radical (unpaired) electrons. The molecule has 0 bridgehead atoms. The van der Waals surface area contributed by atoms with E-state index < -0.39 is 0 Å². The van der Waals surface area contributed by atoms with Gasteiger partial charge in [-0.2, -0.15) is 0 Å². The molecule has 0 amide bonds. The summed E-state index contributed by atoms with van der Waals surface area (Å²) in [6, 6.07) is 5.23. The van der Waals surface area contributed by atoms with Crippen LogP contribution < -0.4 is 0 Å². The summed E-state index contributed by atoms with van der Waals surface area (Å²) >= 11 is 14.2. The Morgan fingerprint density at radius 2 is 2.17 bits per heavy atom. The second-order valence-electron chi connectivity index (χ2n) is 2.27. The molecule has 0 heterocycles. The van der Waals surface area contributed by atoms with Crippen LogP contribution in [0.25, 0.3) is 0 Å². The van der Waals surface area contributed by atoms with Crippen molar-refractivity contribution in [1.29, 1.82) is 0 Å². The highest BCUT2D eigenvalue weighted by Gasteiger charge is 2.04. The number of hydrogen-bond acceptors (Lipinski definition) is 1. The van der Waals surface area contributed by atoms with Crippen LogP contribution in [0.1, 0.15) is 5.56 Å². The normalized spacial score (nSPS) is 9.92. The Labute approximate surface area is 88.8 Å². The van der Waals surface area contributed by atoms with Gasteiger partial charge in [-0.1, -0.05) is 33.6 Å². The van der Waals surface area contributed by atoms with Gasteiger partial charge in [-0.3, -0.25) is 4.79 Å². The van der Waals surface area contributed by atoms with E-state index in [4.69, 9.17) is 23.2 Å². The number of benzene rings is 1. The SMILES string of the molecule is O=C(Cl)Cc1ccc(Cl)cc1Br. The van der Waals surface area contributed by atoms with E-state index in [1.165, 1.54) is 0 Å². The van der Waals surface area contributed by atoms with E-state index in [1.807, 2.05) is 0 Å². The second kappa shape index (κ2) is 4.26. The van der Waals surface area contributed by atoms with Crippen molar-refractivity contribution in [3.05, 3.63) is 33.3 Å². The summed E-state index contributed by atoms with van der Waals surface area (Å²) in [5.74, 6) is 0. The van der Waals surface area contributed by atoms with Crippen LogP contribution in [-0.2, 0) is 11.2 Å². The molecule has 0 atom stereocenters. The summed E-state index contributed by atoms with van der Waals surface area (Å²) in [6.45, 7) is 0. The van der Waals surface area contributed by atoms with E-state index >= 15 is 0 Å². The first-order valence-corrected chi connectivity index (χ1v) is 4.77. The van der Waals surface area contributed by atoms with Crippen molar-refractivity contribution in [2.75, 3.05) is 0 Å². The van der Waals surface area contributed by atoms with Gasteiger partial charge in [-0.05, 0) is 29.3 Å². The van der Waals surface area contributed by atoms with Gasteiger partial charge in [-0.15, -0.1) is 0 Å². The molecule has 1 rings (SSSR count). The van der Waals surface area contributed by atoms with Gasteiger partial charge < -0.3 is 0 Å². The largest absolute Gasteiger partial charge is 0.281 e. The van der Waals surface area contributed by atoms with Crippen LogP contribution >= 0.6 is 39.1 Å². The molecule has 0 saturated carbocycles. The lowest BCUT2D eigenvalue weighted by Gasteiger charge is -2.00. The molecule has 0 N–H and O–H groups in total. The van der Waals surface area contributed by atoms with Crippen molar-refractivity contribution in [2.45, 2.75) is 6.42 Å². The lowest BCUT2D eigenvalue weighted by atomic mass is 10.2. The molecule has 0 aliphatic rings. The fourth-order valence-corrected chi connectivity index (χ4v) is 1.78. The number of halogens is 3. The number of hydrogen-bond donors (Lipinski definition) is 0. The van der Waals surface area contributed by atoms with Crippen LogP contribution in [0.4, 0.5) is 0 Å². The predicted molar refractivity (Wildman–Crippen MR) is 53.7 cm³/mol. The highest BCUT2D eigenvalue weighted by molar-refractivity contribution is 9.10. The van der Waals surface area contributed by atoms with Gasteiger partial charge in [0, 0.05) is 15.9 Å². The zero-order valence-corrected chi connectivity index (χ0v) is 9.08. The smallest absolute Gasteiger partial charge is 0.226 e. The van der Waals surface area contributed by atoms with Crippen molar-refractivity contribution < 1.29 is 4.79 Å². The topological polar surface area (TPSA) is 17.1 Å². The maximum Gasteiger partial charge on any atom is 0.226 e. The van der Waals surface area contributed by atoms with Crippen LogP contribution in [0.3, 0.4) is 0 Å². The van der Waals surface area contributed by atoms with Crippen molar-refractivity contribution in [2.24, 2.45) is 0 Å². The summed E-state index contributed by atoms with van der Waals surface area (Å²) in [5, 5.41) is 0.255. The molecule has 0 spiro atoms. The van der Waals surface area contributed by atoms with Crippen molar-refractivity contribution in [1.82, 2.24) is 0 Å². The Kier molecular flexibility index (Phi) is 3.56. The highest BCUT2D eigenvalue weighted by Crippen LogP contribution is 2.22. The van der Waals surface area contributed by atoms with E-state index in [9.17, 15) is 4.79 Å². The third-order valence-electron chi connectivity index (χ3n) is 1.34. The Balaban J connectivity index is 2.93. The van der Waals surface area contributed by atoms with E-state index in [1.54, 1.807) is 18.2 Å². The molecule has 1 nitrogen and oxygen atoms in total. The lowest BCUT2D eigenvalue weighted by molar-refractivity contribution is -0.111. The molecule has 0 aromatic heterocycles. The Bertz CT molecular complexity index is 312. The maximum absolute atomic E-state index is 10.6. The first-order chi connectivity index (χ1) is 5.59. The minimum atomic E-state index is -0.377. The number of carbonyl (C=O) groups excluding carboxylic acids is 1. The van der Waals surface area contributed by atoms with Crippen LogP contribution in [0.5, 0.6) is 0 Å². The molecule has 0 saturated heterocycles. The van der Waals surface area contributed by atoms with Crippen molar-refractivity contribution in [3.63, 3.8) is 0 Å². The van der Waals surface area contributed by atoms with E-state index in [2.05, 4.69) is 15.9 Å². The maximum atomic E-state index is 10.6. The summed E-state index contributed by atoms with van der Waals surface area (Å²) in [7, 11) is 0. The molecular weight excluding hydrogens is 263 g/mol. The fraction of sp³-hybridized carbons (Fsp3) is 0.125. The summed E-state index contributed by atoms with van der Waals surface area (Å²) < 4.78 is 0.809. The third kappa shape index (κ3) is 2.77. The van der Waals surface area contributed by atoms with Crippen LogP contribution in [0, 0.1) is 0 Å². The first kappa shape index (κ1) is 10.0. The Hall–Kier alpha value is -0.0500. The highest BCUT2D eigenvalue weighted by atomic mass is 79.9. The molecule has 0 aliphatic carbocycles. The van der Waals surface area contributed by atoms with Gasteiger partial charge >= 0.3 is 0 Å². The lowest BCUT2D eigenvalue weighted by Crippen LogP contribution is -1.93. The zero-order valence-electron chi connectivity index (χ0n) is 5.98. The monoisotopic (exact) mass is 266 g/mol. The van der Waals surface area contributed by atoms with Crippen molar-refractivity contribution >= 4 is 44.4 Å². The molecule has 4 heteroatoms. The van der Waals surface area contributed by atoms with Gasteiger partial charge in [0.1, 0.15) is 0 Å². The van der Waals surface area contributed by atoms with Gasteiger partial charge in [-0.25, -0.2) is 0 Å². The van der Waals surface area contributed by atoms with Crippen LogP contribution in [0.2, 0.25) is 5.02 Å². The molecule has 1 aromatic rings. The molecule has 12 heavy (non-hydrogen) atoms. The molecular formula is C8H5BrCl2O. The third-order valence-corrected chi connectivity index (χ3v) is 2.45. The first-order valence-electron chi connectivity index (χ1n) is 3.22. The molecule has 1 aromatic carbocycles. The van der Waals surface area contributed by atoms with Crippen LogP contribution in [0.15, 0.2) is 22.7 Å².